The number of rotatable bonds is 6. The summed E-state index contributed by atoms with van der Waals surface area (Å²) in [7, 11) is 0. The van der Waals surface area contributed by atoms with Gasteiger partial charge in [-0.15, -0.1) is 0 Å². The summed E-state index contributed by atoms with van der Waals surface area (Å²) in [6.07, 6.45) is 0.00844. The smallest absolute Gasteiger partial charge is 0.305 e. The molecule has 0 heterocycles. The number of benzene rings is 1. The van der Waals surface area contributed by atoms with Gasteiger partial charge in [-0.25, -0.2) is 0 Å². The van der Waals surface area contributed by atoms with Gasteiger partial charge in [-0.05, 0) is 12.5 Å². The molecule has 0 saturated heterocycles. The molecule has 1 rings (SSSR count). The van der Waals surface area contributed by atoms with Gasteiger partial charge in [0.15, 0.2) is 0 Å². The molecule has 0 spiro atoms. The summed E-state index contributed by atoms with van der Waals surface area (Å²) in [5.74, 6) is -0.857. The second-order valence-corrected chi connectivity index (χ2v) is 3.24. The number of hydroxylamine groups is 1. The van der Waals surface area contributed by atoms with Crippen molar-refractivity contribution in [2.24, 2.45) is 0 Å². The molecule has 0 saturated carbocycles. The molecule has 0 aliphatic carbocycles. The number of carboxylic acids is 1. The summed E-state index contributed by atoms with van der Waals surface area (Å²) in [5.41, 5.74) is 3.90. The van der Waals surface area contributed by atoms with Crippen LogP contribution in [-0.4, -0.2) is 17.7 Å². The highest BCUT2D eigenvalue weighted by Crippen LogP contribution is 2.10. The van der Waals surface area contributed by atoms with E-state index in [4.69, 9.17) is 9.94 Å². The van der Waals surface area contributed by atoms with E-state index in [1.165, 1.54) is 0 Å². The Labute approximate surface area is 88.8 Å². The predicted octanol–water partition coefficient (Wildman–Crippen LogP) is 1.74. The van der Waals surface area contributed by atoms with Crippen molar-refractivity contribution in [3.8, 4) is 0 Å². The number of carboxylic acid groups (broad SMARTS) is 1. The van der Waals surface area contributed by atoms with Gasteiger partial charge in [0, 0.05) is 0 Å². The van der Waals surface area contributed by atoms with E-state index in [1.54, 1.807) is 0 Å². The van der Waals surface area contributed by atoms with Crippen LogP contribution >= 0.6 is 0 Å². The van der Waals surface area contributed by atoms with Gasteiger partial charge in [0.05, 0.1) is 19.1 Å². The third-order valence-electron chi connectivity index (χ3n) is 1.98. The number of aliphatic carboxylic acids is 1. The lowest BCUT2D eigenvalue weighted by Gasteiger charge is -2.13. The molecule has 1 aromatic carbocycles. The maximum atomic E-state index is 10.2. The van der Waals surface area contributed by atoms with Crippen molar-refractivity contribution in [3.05, 3.63) is 35.9 Å². The zero-order valence-corrected chi connectivity index (χ0v) is 8.64. The monoisotopic (exact) mass is 209 g/mol. The lowest BCUT2D eigenvalue weighted by atomic mass is 10.1. The Morgan fingerprint density at radius 3 is 2.73 bits per heavy atom. The summed E-state index contributed by atoms with van der Waals surface area (Å²) in [4.78, 5) is 15.2. The fourth-order valence-corrected chi connectivity index (χ4v) is 1.13. The summed E-state index contributed by atoms with van der Waals surface area (Å²) < 4.78 is 0. The normalized spacial score (nSPS) is 12.3. The molecule has 1 atom stereocenters. The fraction of sp³-hybridized carbons (Fsp3) is 0.364. The Hall–Kier alpha value is -1.39. The van der Waals surface area contributed by atoms with Crippen molar-refractivity contribution < 1.29 is 14.7 Å². The van der Waals surface area contributed by atoms with Gasteiger partial charge >= 0.3 is 5.97 Å². The first-order valence-electron chi connectivity index (χ1n) is 4.84. The molecular formula is C11H15NO3. The van der Waals surface area contributed by atoms with Gasteiger partial charge in [-0.3, -0.25) is 4.79 Å². The average molecular weight is 209 g/mol. The lowest BCUT2D eigenvalue weighted by Crippen LogP contribution is -2.20. The number of hydrogen-bond donors (Lipinski definition) is 2. The summed E-state index contributed by atoms with van der Waals surface area (Å²) in [5, 5.41) is 8.39. The Bertz CT molecular complexity index is 300. The first kappa shape index (κ1) is 11.7. The molecule has 2 N–H and O–H groups in total. The molecule has 0 bridgehead atoms. The van der Waals surface area contributed by atoms with Crippen LogP contribution in [0.1, 0.15) is 24.9 Å². The van der Waals surface area contributed by atoms with Gasteiger partial charge in [-0.2, -0.15) is 5.48 Å². The minimum absolute atomic E-state index is 0.00844. The van der Waals surface area contributed by atoms with Crippen molar-refractivity contribution in [2.75, 3.05) is 6.61 Å². The third-order valence-corrected chi connectivity index (χ3v) is 1.98. The van der Waals surface area contributed by atoms with E-state index < -0.39 is 5.97 Å². The Morgan fingerprint density at radius 1 is 1.47 bits per heavy atom. The van der Waals surface area contributed by atoms with Crippen molar-refractivity contribution >= 4 is 5.97 Å². The maximum absolute atomic E-state index is 10.2. The molecule has 4 nitrogen and oxygen atoms in total. The van der Waals surface area contributed by atoms with Crippen LogP contribution in [0.25, 0.3) is 0 Å². The standard InChI is InChI=1S/C11H15NO3/c1-9(10-5-3-2-4-6-10)12-15-8-7-11(13)14/h2-6,9,12H,7-8H2,1H3,(H,13,14). The van der Waals surface area contributed by atoms with Crippen molar-refractivity contribution in [1.29, 1.82) is 0 Å². The van der Waals surface area contributed by atoms with Gasteiger partial charge in [0.25, 0.3) is 0 Å². The minimum atomic E-state index is -0.857. The second-order valence-electron chi connectivity index (χ2n) is 3.24. The molecule has 0 aromatic heterocycles. The molecule has 0 fully saturated rings. The van der Waals surface area contributed by atoms with E-state index in [0.29, 0.717) is 0 Å². The quantitative estimate of drug-likeness (QED) is 0.553. The molecule has 1 unspecified atom stereocenters. The molecule has 0 radical (unpaired) electrons. The SMILES string of the molecule is CC(NOCCC(=O)O)c1ccccc1. The molecule has 4 heteroatoms. The van der Waals surface area contributed by atoms with Crippen LogP contribution in [0, 0.1) is 0 Å². The van der Waals surface area contributed by atoms with Gasteiger partial charge in [0.2, 0.25) is 0 Å². The molecule has 0 aliphatic heterocycles. The average Bonchev–Trinajstić information content (AvgIpc) is 2.25. The highest BCUT2D eigenvalue weighted by molar-refractivity contribution is 5.66. The minimum Gasteiger partial charge on any atom is -0.481 e. The first-order valence-corrected chi connectivity index (χ1v) is 4.84. The second kappa shape index (κ2) is 6.16. The highest BCUT2D eigenvalue weighted by atomic mass is 16.6. The van der Waals surface area contributed by atoms with Crippen LogP contribution in [0.4, 0.5) is 0 Å². The maximum Gasteiger partial charge on any atom is 0.305 e. The van der Waals surface area contributed by atoms with Crippen LogP contribution in [0.2, 0.25) is 0 Å². The van der Waals surface area contributed by atoms with Crippen molar-refractivity contribution in [3.63, 3.8) is 0 Å². The fourth-order valence-electron chi connectivity index (χ4n) is 1.13. The van der Waals surface area contributed by atoms with Gasteiger partial charge in [0.1, 0.15) is 0 Å². The van der Waals surface area contributed by atoms with Crippen LogP contribution in [0.15, 0.2) is 30.3 Å². The number of nitrogens with one attached hydrogen (secondary N) is 1. The molecule has 1 aromatic rings. The van der Waals surface area contributed by atoms with E-state index in [2.05, 4.69) is 5.48 Å². The highest BCUT2D eigenvalue weighted by Gasteiger charge is 2.04. The van der Waals surface area contributed by atoms with Gasteiger partial charge in [-0.1, -0.05) is 30.3 Å². The summed E-state index contributed by atoms with van der Waals surface area (Å²) in [6, 6.07) is 9.87. The lowest BCUT2D eigenvalue weighted by molar-refractivity contribution is -0.139. The van der Waals surface area contributed by atoms with Gasteiger partial charge < -0.3 is 9.94 Å². The van der Waals surface area contributed by atoms with E-state index in [1.807, 2.05) is 37.3 Å². The Balaban J connectivity index is 2.25. The van der Waals surface area contributed by atoms with Crippen LogP contribution < -0.4 is 5.48 Å². The molecule has 15 heavy (non-hydrogen) atoms. The first-order chi connectivity index (χ1) is 7.20. The van der Waals surface area contributed by atoms with Crippen molar-refractivity contribution in [1.82, 2.24) is 5.48 Å². The number of hydrogen-bond acceptors (Lipinski definition) is 3. The van der Waals surface area contributed by atoms with Crippen molar-refractivity contribution in [2.45, 2.75) is 19.4 Å². The molecular weight excluding hydrogens is 194 g/mol. The van der Waals surface area contributed by atoms with E-state index >= 15 is 0 Å². The molecule has 0 aliphatic rings. The van der Waals surface area contributed by atoms with Crippen LogP contribution in [0.3, 0.4) is 0 Å². The van der Waals surface area contributed by atoms with E-state index in [0.717, 1.165) is 5.56 Å². The van der Waals surface area contributed by atoms with Crippen LogP contribution in [-0.2, 0) is 9.63 Å². The topological polar surface area (TPSA) is 58.6 Å². The zero-order valence-electron chi connectivity index (χ0n) is 8.64. The predicted molar refractivity (Wildman–Crippen MR) is 56.2 cm³/mol. The molecule has 82 valence electrons. The summed E-state index contributed by atoms with van der Waals surface area (Å²) in [6.45, 7) is 2.13. The van der Waals surface area contributed by atoms with E-state index in [-0.39, 0.29) is 19.1 Å². The largest absolute Gasteiger partial charge is 0.481 e. The zero-order chi connectivity index (χ0) is 11.1. The third kappa shape index (κ3) is 4.58. The Morgan fingerprint density at radius 2 is 2.13 bits per heavy atom. The summed E-state index contributed by atoms with van der Waals surface area (Å²) >= 11 is 0. The van der Waals surface area contributed by atoms with Crippen LogP contribution in [0.5, 0.6) is 0 Å². The molecule has 0 amide bonds. The Kier molecular flexibility index (Phi) is 4.80. The number of carbonyl (C=O) groups is 1. The van der Waals surface area contributed by atoms with E-state index in [9.17, 15) is 4.79 Å².